The third kappa shape index (κ3) is 5.34. The van der Waals surface area contributed by atoms with Crippen molar-refractivity contribution < 1.29 is 22.7 Å². The number of hydrogen-bond donors (Lipinski definition) is 1. The van der Waals surface area contributed by atoms with Crippen molar-refractivity contribution in [3.05, 3.63) is 52.5 Å². The van der Waals surface area contributed by atoms with Crippen LogP contribution in [0.15, 0.2) is 46.2 Å². The molecule has 3 rings (SSSR count). The fourth-order valence-electron chi connectivity index (χ4n) is 3.36. The molecule has 2 aromatic carbocycles. The molecule has 1 fully saturated rings. The van der Waals surface area contributed by atoms with Crippen molar-refractivity contribution in [3.63, 3.8) is 0 Å². The SMILES string of the molecule is COC(=O)c1cc(NS(=O)(=O)c2ccc(SC)c(C(=O)N3CCCCC3)c2)ccc1Cl. The third-order valence-corrected chi connectivity index (χ3v) is 7.48. The number of ether oxygens (including phenoxy) is 1. The Bertz CT molecular complexity index is 1100. The van der Waals surface area contributed by atoms with E-state index >= 15 is 0 Å². The van der Waals surface area contributed by atoms with Gasteiger partial charge in [-0.25, -0.2) is 13.2 Å². The van der Waals surface area contributed by atoms with E-state index in [9.17, 15) is 18.0 Å². The predicted molar refractivity (Wildman–Crippen MR) is 122 cm³/mol. The summed E-state index contributed by atoms with van der Waals surface area (Å²) < 4.78 is 33.1. The minimum atomic E-state index is -4.01. The van der Waals surface area contributed by atoms with E-state index in [-0.39, 0.29) is 27.1 Å². The summed E-state index contributed by atoms with van der Waals surface area (Å²) in [6.07, 6.45) is 4.82. The topological polar surface area (TPSA) is 92.8 Å². The molecule has 1 saturated heterocycles. The van der Waals surface area contributed by atoms with E-state index < -0.39 is 16.0 Å². The molecular weight excluding hydrogens is 460 g/mol. The normalized spacial score (nSPS) is 14.2. The quantitative estimate of drug-likeness (QED) is 0.488. The summed E-state index contributed by atoms with van der Waals surface area (Å²) in [7, 11) is -2.80. The minimum absolute atomic E-state index is 0.0415. The highest BCUT2D eigenvalue weighted by atomic mass is 35.5. The van der Waals surface area contributed by atoms with Gasteiger partial charge in [0.25, 0.3) is 15.9 Å². The van der Waals surface area contributed by atoms with E-state index in [1.807, 2.05) is 6.26 Å². The van der Waals surface area contributed by atoms with Gasteiger partial charge in [0.15, 0.2) is 0 Å². The van der Waals surface area contributed by atoms with Crippen LogP contribution in [0.25, 0.3) is 0 Å². The van der Waals surface area contributed by atoms with Gasteiger partial charge in [-0.3, -0.25) is 9.52 Å². The van der Waals surface area contributed by atoms with E-state index in [1.54, 1.807) is 11.0 Å². The number of carbonyl (C=O) groups excluding carboxylic acids is 2. The zero-order valence-electron chi connectivity index (χ0n) is 17.2. The van der Waals surface area contributed by atoms with Crippen molar-refractivity contribution in [1.29, 1.82) is 0 Å². The molecular formula is C21H23ClN2O5S2. The maximum atomic E-state index is 13.0. The van der Waals surface area contributed by atoms with Crippen LogP contribution in [0.2, 0.25) is 5.02 Å². The summed E-state index contributed by atoms with van der Waals surface area (Å²) in [5, 5.41) is 0.147. The van der Waals surface area contributed by atoms with Crippen LogP contribution < -0.4 is 4.72 Å². The van der Waals surface area contributed by atoms with E-state index in [1.165, 1.54) is 49.2 Å². The summed E-state index contributed by atoms with van der Waals surface area (Å²) in [5.41, 5.74) is 0.564. The second-order valence-electron chi connectivity index (χ2n) is 7.01. The van der Waals surface area contributed by atoms with Crippen LogP contribution in [0.4, 0.5) is 5.69 Å². The average Bonchev–Trinajstić information content (AvgIpc) is 2.79. The smallest absolute Gasteiger partial charge is 0.339 e. The standard InChI is InChI=1S/C21H23ClN2O5S2/c1-29-21(26)16-12-14(6-8-18(16)22)23-31(27,28)15-7-9-19(30-2)17(13-15)20(25)24-10-4-3-5-11-24/h6-9,12-13,23H,3-5,10-11H2,1-2H3. The molecule has 1 N–H and O–H groups in total. The van der Waals surface area contributed by atoms with Crippen LogP contribution in [-0.4, -0.2) is 51.6 Å². The lowest BCUT2D eigenvalue weighted by molar-refractivity contribution is 0.0600. The molecule has 1 heterocycles. The molecule has 0 atom stereocenters. The lowest BCUT2D eigenvalue weighted by Crippen LogP contribution is -2.36. The molecule has 166 valence electrons. The van der Waals surface area contributed by atoms with Crippen LogP contribution in [0.5, 0.6) is 0 Å². The number of esters is 1. The second kappa shape index (κ2) is 9.93. The second-order valence-corrected chi connectivity index (χ2v) is 9.94. The van der Waals surface area contributed by atoms with E-state index in [2.05, 4.69) is 9.46 Å². The molecule has 0 unspecified atom stereocenters. The summed E-state index contributed by atoms with van der Waals surface area (Å²) in [4.78, 5) is 27.3. The van der Waals surface area contributed by atoms with Crippen molar-refractivity contribution in [2.45, 2.75) is 29.1 Å². The van der Waals surface area contributed by atoms with E-state index in [0.717, 1.165) is 19.3 Å². The number of piperidine rings is 1. The predicted octanol–water partition coefficient (Wildman–Crippen LogP) is 4.28. The number of sulfonamides is 1. The largest absolute Gasteiger partial charge is 0.465 e. The highest BCUT2D eigenvalue weighted by Gasteiger charge is 2.24. The van der Waals surface area contributed by atoms with Gasteiger partial charge in [-0.15, -0.1) is 11.8 Å². The number of halogens is 1. The Hall–Kier alpha value is -2.23. The molecule has 1 aliphatic rings. The summed E-state index contributed by atoms with van der Waals surface area (Å²) in [6, 6.07) is 8.66. The molecule has 31 heavy (non-hydrogen) atoms. The van der Waals surface area contributed by atoms with Gasteiger partial charge in [-0.1, -0.05) is 11.6 Å². The Morgan fingerprint density at radius 1 is 1.06 bits per heavy atom. The summed E-state index contributed by atoms with van der Waals surface area (Å²) in [5.74, 6) is -0.842. The first-order valence-electron chi connectivity index (χ1n) is 9.65. The van der Waals surface area contributed by atoms with Crippen molar-refractivity contribution in [3.8, 4) is 0 Å². The van der Waals surface area contributed by atoms with Crippen molar-refractivity contribution in [2.75, 3.05) is 31.2 Å². The van der Waals surface area contributed by atoms with Gasteiger partial charge >= 0.3 is 5.97 Å². The summed E-state index contributed by atoms with van der Waals surface area (Å²) in [6.45, 7) is 1.34. The number of thioether (sulfide) groups is 1. The van der Waals surface area contributed by atoms with Crippen molar-refractivity contribution >= 4 is 50.9 Å². The highest BCUT2D eigenvalue weighted by molar-refractivity contribution is 7.98. The number of nitrogens with one attached hydrogen (secondary N) is 1. The summed E-state index contributed by atoms with van der Waals surface area (Å²) >= 11 is 7.39. The van der Waals surface area contributed by atoms with E-state index in [0.29, 0.717) is 23.5 Å². The molecule has 1 aliphatic heterocycles. The molecule has 0 spiro atoms. The van der Waals surface area contributed by atoms with Gasteiger partial charge in [0.05, 0.1) is 28.2 Å². The number of amides is 1. The Morgan fingerprint density at radius 3 is 2.42 bits per heavy atom. The van der Waals surface area contributed by atoms with Gasteiger partial charge in [-0.2, -0.15) is 0 Å². The van der Waals surface area contributed by atoms with Gasteiger partial charge in [-0.05, 0) is 61.9 Å². The Labute approximate surface area is 191 Å². The first-order valence-corrected chi connectivity index (χ1v) is 12.7. The minimum Gasteiger partial charge on any atom is -0.465 e. The number of benzene rings is 2. The third-order valence-electron chi connectivity index (χ3n) is 4.98. The van der Waals surface area contributed by atoms with Crippen LogP contribution in [0.1, 0.15) is 40.0 Å². The molecule has 10 heteroatoms. The van der Waals surface area contributed by atoms with Gasteiger partial charge in [0.2, 0.25) is 0 Å². The Morgan fingerprint density at radius 2 is 1.77 bits per heavy atom. The van der Waals surface area contributed by atoms with Gasteiger partial charge in [0, 0.05) is 23.7 Å². The first-order chi connectivity index (χ1) is 14.8. The zero-order chi connectivity index (χ0) is 22.6. The molecule has 0 aliphatic carbocycles. The first kappa shape index (κ1) is 23.4. The molecule has 2 aromatic rings. The average molecular weight is 483 g/mol. The fraction of sp³-hybridized carbons (Fsp3) is 0.333. The lowest BCUT2D eigenvalue weighted by atomic mass is 10.1. The molecule has 7 nitrogen and oxygen atoms in total. The van der Waals surface area contributed by atoms with Crippen LogP contribution in [0, 0.1) is 0 Å². The van der Waals surface area contributed by atoms with Crippen LogP contribution in [0.3, 0.4) is 0 Å². The molecule has 1 amide bonds. The molecule has 0 saturated carbocycles. The number of anilines is 1. The molecule has 0 aromatic heterocycles. The maximum absolute atomic E-state index is 13.0. The van der Waals surface area contributed by atoms with E-state index in [4.69, 9.17) is 11.6 Å². The van der Waals surface area contributed by atoms with Crippen molar-refractivity contribution in [1.82, 2.24) is 4.90 Å². The van der Waals surface area contributed by atoms with Crippen molar-refractivity contribution in [2.24, 2.45) is 0 Å². The number of carbonyl (C=O) groups is 2. The number of likely N-dealkylation sites (tertiary alicyclic amines) is 1. The zero-order valence-corrected chi connectivity index (χ0v) is 19.6. The number of nitrogens with zero attached hydrogens (tertiary/aromatic N) is 1. The lowest BCUT2D eigenvalue weighted by Gasteiger charge is -2.27. The molecule has 0 bridgehead atoms. The van der Waals surface area contributed by atoms with Crippen LogP contribution >= 0.6 is 23.4 Å². The number of hydrogen-bond acceptors (Lipinski definition) is 6. The maximum Gasteiger partial charge on any atom is 0.339 e. The van der Waals surface area contributed by atoms with Crippen LogP contribution in [-0.2, 0) is 14.8 Å². The fourth-order valence-corrected chi connectivity index (χ4v) is 5.20. The number of methoxy groups -OCH3 is 1. The molecule has 0 radical (unpaired) electrons. The number of rotatable bonds is 6. The Balaban J connectivity index is 1.93. The van der Waals surface area contributed by atoms with Gasteiger partial charge < -0.3 is 9.64 Å². The Kier molecular flexibility index (Phi) is 7.51. The van der Waals surface area contributed by atoms with Gasteiger partial charge in [0.1, 0.15) is 0 Å². The monoisotopic (exact) mass is 482 g/mol. The highest BCUT2D eigenvalue weighted by Crippen LogP contribution is 2.28.